The van der Waals surface area contributed by atoms with Gasteiger partial charge in [0.05, 0.1) is 0 Å². The van der Waals surface area contributed by atoms with Crippen LogP contribution < -0.4 is 24.8 Å². The Labute approximate surface area is 190 Å². The summed E-state index contributed by atoms with van der Waals surface area (Å²) in [5.74, 6) is 0. The molecule has 0 heterocycles. The maximum Gasteiger partial charge on any atom is 3.00 e. The Morgan fingerprint density at radius 3 is 1.85 bits per heavy atom. The summed E-state index contributed by atoms with van der Waals surface area (Å²) in [7, 11) is 0. The van der Waals surface area contributed by atoms with E-state index in [1.54, 1.807) is 0 Å². The minimum absolute atomic E-state index is 0. The van der Waals surface area contributed by atoms with Gasteiger partial charge in [-0.1, -0.05) is 67.1 Å². The fraction of sp³-hybridized carbons (Fsp3) is 0.0417. The smallest absolute Gasteiger partial charge is 1.00 e. The zero-order valence-electron chi connectivity index (χ0n) is 14.8. The van der Waals surface area contributed by atoms with Gasteiger partial charge in [0, 0.05) is 0 Å². The summed E-state index contributed by atoms with van der Waals surface area (Å²) in [4.78, 5) is 0. The summed E-state index contributed by atoms with van der Waals surface area (Å²) in [5.41, 5.74) is 4.00. The van der Waals surface area contributed by atoms with Gasteiger partial charge in [-0.3, -0.25) is 0 Å². The first-order valence-electron chi connectivity index (χ1n) is 8.38. The number of benzene rings is 4. The molecular weight excluding hydrogens is 450 g/mol. The van der Waals surface area contributed by atoms with E-state index < -0.39 is 0 Å². The molecule has 5 rings (SSSR count). The van der Waals surface area contributed by atoms with Crippen LogP contribution in [0.5, 0.6) is 0 Å². The van der Waals surface area contributed by atoms with Gasteiger partial charge in [-0.15, -0.1) is 34.5 Å². The van der Waals surface area contributed by atoms with E-state index in [0.29, 0.717) is 0 Å². The maximum absolute atomic E-state index is 2.31. The molecule has 0 aliphatic carbocycles. The van der Waals surface area contributed by atoms with Crippen molar-refractivity contribution in [3.05, 3.63) is 90.5 Å². The Bertz CT molecular complexity index is 1170. The first-order valence-corrected chi connectivity index (χ1v) is 8.38. The van der Waals surface area contributed by atoms with Gasteiger partial charge in [0.2, 0.25) is 0 Å². The zero-order valence-corrected chi connectivity index (χ0v) is 18.8. The van der Waals surface area contributed by atoms with Gasteiger partial charge in [-0.2, -0.15) is 6.07 Å². The molecule has 0 amide bonds. The third-order valence-corrected chi connectivity index (χ3v) is 4.94. The van der Waals surface area contributed by atoms with Crippen LogP contribution in [0.4, 0.5) is 0 Å². The largest absolute Gasteiger partial charge is 3.00 e. The molecule has 0 aliphatic heterocycles. The molecule has 0 nitrogen and oxygen atoms in total. The summed E-state index contributed by atoms with van der Waals surface area (Å²) in [6.45, 7) is 2.17. The molecule has 0 bridgehead atoms. The molecule has 0 aliphatic rings. The zero-order chi connectivity index (χ0) is 16.1. The molecule has 0 spiro atoms. The number of hydrogen-bond acceptors (Lipinski definition) is 0. The predicted molar refractivity (Wildman–Crippen MR) is 105 cm³/mol. The van der Waals surface area contributed by atoms with Crippen LogP contribution >= 0.6 is 0 Å². The molecule has 0 N–H and O–H groups in total. The Morgan fingerprint density at radius 1 is 0.630 bits per heavy atom. The molecule has 27 heavy (non-hydrogen) atoms. The Kier molecular flexibility index (Phi) is 6.98. The van der Waals surface area contributed by atoms with Crippen LogP contribution in [0.3, 0.4) is 0 Å². The molecule has 0 atom stereocenters. The summed E-state index contributed by atoms with van der Waals surface area (Å²) in [5, 5.41) is 7.90. The van der Waals surface area contributed by atoms with E-state index in [1.807, 2.05) is 0 Å². The molecule has 131 valence electrons. The maximum atomic E-state index is 2.31. The number of hydrogen-bond donors (Lipinski definition) is 0. The summed E-state index contributed by atoms with van der Waals surface area (Å²) in [6, 6.07) is 30.9. The molecule has 0 fully saturated rings. The monoisotopic (exact) mass is 465 g/mol. The second-order valence-electron chi connectivity index (χ2n) is 6.54. The number of aryl methyl sites for hydroxylation is 1. The Balaban J connectivity index is 0.000000871. The van der Waals surface area contributed by atoms with Crippen LogP contribution in [0.1, 0.15) is 5.56 Å². The molecule has 5 aromatic carbocycles. The van der Waals surface area contributed by atoms with Gasteiger partial charge in [-0.25, -0.2) is 0 Å². The van der Waals surface area contributed by atoms with Crippen molar-refractivity contribution in [1.82, 2.24) is 0 Å². The number of fused-ring (bicyclic) bond motifs is 3. The van der Waals surface area contributed by atoms with Crippen LogP contribution in [0.2, 0.25) is 0 Å². The Hall–Kier alpha value is -1.53. The van der Waals surface area contributed by atoms with Gasteiger partial charge in [0.1, 0.15) is 0 Å². The quantitative estimate of drug-likeness (QED) is 0.253. The van der Waals surface area contributed by atoms with Gasteiger partial charge in [0.15, 0.2) is 0 Å². The van der Waals surface area contributed by atoms with Crippen molar-refractivity contribution in [2.24, 2.45) is 0 Å². The van der Waals surface area contributed by atoms with Crippen molar-refractivity contribution < 1.29 is 51.0 Å². The standard InChI is InChI=1S/C24H17.2ClH.Zr/c1-16-13-17-9-6-12-22(23(17)14-16)24-20-10-4-2-7-18(20)15-19-8-3-5-11-21(19)24;;;/h2-15H,1H3;2*1H;/q-1;;;+3/p-2. The summed E-state index contributed by atoms with van der Waals surface area (Å²) in [6.07, 6.45) is 0. The second-order valence-corrected chi connectivity index (χ2v) is 6.54. The van der Waals surface area contributed by atoms with Crippen molar-refractivity contribution >= 4 is 32.3 Å². The van der Waals surface area contributed by atoms with Crippen molar-refractivity contribution in [3.8, 4) is 11.1 Å². The molecule has 0 saturated carbocycles. The van der Waals surface area contributed by atoms with Crippen LogP contribution in [-0.2, 0) is 26.2 Å². The number of halogens is 2. The number of rotatable bonds is 1. The third-order valence-electron chi connectivity index (χ3n) is 4.94. The van der Waals surface area contributed by atoms with E-state index in [0.717, 1.165) is 0 Å². The molecule has 0 unspecified atom stereocenters. The molecule has 0 saturated heterocycles. The minimum Gasteiger partial charge on any atom is -1.00 e. The van der Waals surface area contributed by atoms with Crippen LogP contribution in [0.15, 0.2) is 84.9 Å². The molecule has 3 heteroatoms. The first kappa shape index (κ1) is 21.8. The second kappa shape index (κ2) is 8.65. The van der Waals surface area contributed by atoms with E-state index in [1.165, 1.54) is 49.0 Å². The third kappa shape index (κ3) is 3.61. The average molecular weight is 468 g/mol. The Morgan fingerprint density at radius 2 is 1.22 bits per heavy atom. The van der Waals surface area contributed by atoms with E-state index in [-0.39, 0.29) is 51.0 Å². The fourth-order valence-electron chi connectivity index (χ4n) is 3.91. The van der Waals surface area contributed by atoms with Gasteiger partial charge < -0.3 is 24.8 Å². The predicted octanol–water partition coefficient (Wildman–Crippen LogP) is 0.846. The van der Waals surface area contributed by atoms with Crippen molar-refractivity contribution in [2.45, 2.75) is 6.92 Å². The van der Waals surface area contributed by atoms with Crippen molar-refractivity contribution in [2.75, 3.05) is 0 Å². The van der Waals surface area contributed by atoms with E-state index in [9.17, 15) is 0 Å². The molecular formula is C24H17Cl2Zr. The molecule has 5 aromatic rings. The fourth-order valence-corrected chi connectivity index (χ4v) is 3.91. The topological polar surface area (TPSA) is 0 Å². The van der Waals surface area contributed by atoms with Gasteiger partial charge >= 0.3 is 26.2 Å². The van der Waals surface area contributed by atoms with E-state index in [4.69, 9.17) is 0 Å². The van der Waals surface area contributed by atoms with Crippen molar-refractivity contribution in [3.63, 3.8) is 0 Å². The summed E-state index contributed by atoms with van der Waals surface area (Å²) < 4.78 is 0. The van der Waals surface area contributed by atoms with Crippen LogP contribution in [0.25, 0.3) is 43.4 Å². The normalized spacial score (nSPS) is 10.3. The average Bonchev–Trinajstić information content (AvgIpc) is 3.00. The van der Waals surface area contributed by atoms with Gasteiger partial charge in [-0.05, 0) is 33.2 Å². The SMILES string of the molecule is Cc1cc2c(-c3c4ccccc4cc4ccccc34)cccc2[cH-]1.[Cl-].[Cl-].[Zr+3]. The molecule has 1 radical (unpaired) electrons. The van der Waals surface area contributed by atoms with Crippen LogP contribution in [-0.4, -0.2) is 0 Å². The van der Waals surface area contributed by atoms with Gasteiger partial charge in [0.25, 0.3) is 0 Å². The van der Waals surface area contributed by atoms with E-state index in [2.05, 4.69) is 91.9 Å². The van der Waals surface area contributed by atoms with Crippen LogP contribution in [0, 0.1) is 6.92 Å². The summed E-state index contributed by atoms with van der Waals surface area (Å²) >= 11 is 0. The first-order chi connectivity index (χ1) is 11.8. The van der Waals surface area contributed by atoms with Crippen molar-refractivity contribution in [1.29, 1.82) is 0 Å². The van der Waals surface area contributed by atoms with E-state index >= 15 is 0 Å². The molecule has 0 aromatic heterocycles. The minimum atomic E-state index is 0.